The highest BCUT2D eigenvalue weighted by molar-refractivity contribution is 5.83. The second-order valence-corrected chi connectivity index (χ2v) is 6.12. The second-order valence-electron chi connectivity index (χ2n) is 6.12. The van der Waals surface area contributed by atoms with Crippen molar-refractivity contribution in [3.05, 3.63) is 65.5 Å². The number of hydrogen-bond acceptors (Lipinski definition) is 3. The third-order valence-corrected chi connectivity index (χ3v) is 4.31. The first-order chi connectivity index (χ1) is 11.6. The van der Waals surface area contributed by atoms with Crippen molar-refractivity contribution in [1.29, 1.82) is 0 Å². The molecule has 24 heavy (non-hydrogen) atoms. The van der Waals surface area contributed by atoms with Crippen LogP contribution in [0.25, 0.3) is 0 Å². The van der Waals surface area contributed by atoms with Gasteiger partial charge in [0.25, 0.3) is 0 Å². The first-order valence-corrected chi connectivity index (χ1v) is 7.94. The number of carbonyl (C=O) groups excluding carboxylic acids is 1. The van der Waals surface area contributed by atoms with E-state index in [-0.39, 0.29) is 23.5 Å². The molecule has 4 nitrogen and oxygen atoms in total. The Kier molecular flexibility index (Phi) is 4.81. The molecular formula is C19H21FN2O2. The van der Waals surface area contributed by atoms with Gasteiger partial charge in [-0.3, -0.25) is 9.69 Å². The SMILES string of the molecule is COc1ccc(CN(C)CN2C(=O)C[C@H]2c2ccccc2)cc1F. The van der Waals surface area contributed by atoms with E-state index in [0.717, 1.165) is 11.1 Å². The van der Waals surface area contributed by atoms with E-state index in [4.69, 9.17) is 4.74 Å². The van der Waals surface area contributed by atoms with E-state index in [1.165, 1.54) is 13.2 Å². The van der Waals surface area contributed by atoms with E-state index in [0.29, 0.717) is 19.6 Å². The predicted octanol–water partition coefficient (Wildman–Crippen LogP) is 3.20. The third-order valence-electron chi connectivity index (χ3n) is 4.31. The number of nitrogens with zero attached hydrogens (tertiary/aromatic N) is 2. The molecule has 1 atom stereocenters. The minimum atomic E-state index is -0.370. The molecule has 3 rings (SSSR count). The van der Waals surface area contributed by atoms with Crippen LogP contribution < -0.4 is 4.74 Å². The fourth-order valence-electron chi connectivity index (χ4n) is 3.03. The van der Waals surface area contributed by atoms with Gasteiger partial charge in [-0.25, -0.2) is 4.39 Å². The van der Waals surface area contributed by atoms with E-state index in [2.05, 4.69) is 0 Å². The fraction of sp³-hybridized carbons (Fsp3) is 0.316. The summed E-state index contributed by atoms with van der Waals surface area (Å²) >= 11 is 0. The first kappa shape index (κ1) is 16.5. The molecule has 1 aliphatic heterocycles. The average molecular weight is 328 g/mol. The average Bonchev–Trinajstić information content (AvgIpc) is 2.58. The fourth-order valence-corrected chi connectivity index (χ4v) is 3.03. The number of benzene rings is 2. The van der Waals surface area contributed by atoms with Crippen molar-refractivity contribution in [3.8, 4) is 5.75 Å². The largest absolute Gasteiger partial charge is 0.494 e. The molecule has 0 radical (unpaired) electrons. The van der Waals surface area contributed by atoms with Gasteiger partial charge in [0, 0.05) is 6.54 Å². The lowest BCUT2D eigenvalue weighted by Crippen LogP contribution is -2.50. The lowest BCUT2D eigenvalue weighted by Gasteiger charge is -2.42. The maximum Gasteiger partial charge on any atom is 0.226 e. The standard InChI is InChI=1S/C19H21FN2O2/c1-21(12-14-8-9-18(24-2)16(20)10-14)13-22-17(11-19(22)23)15-6-4-3-5-7-15/h3-10,17H,11-13H2,1-2H3/t17-/m0/s1. The summed E-state index contributed by atoms with van der Waals surface area (Å²) in [4.78, 5) is 15.8. The molecule has 2 aromatic carbocycles. The number of rotatable bonds is 6. The van der Waals surface area contributed by atoms with Gasteiger partial charge in [0.2, 0.25) is 5.91 Å². The van der Waals surface area contributed by atoms with Crippen LogP contribution in [0.3, 0.4) is 0 Å². The highest BCUT2D eigenvalue weighted by Crippen LogP contribution is 2.34. The van der Waals surface area contributed by atoms with E-state index < -0.39 is 0 Å². The molecule has 0 aromatic heterocycles. The summed E-state index contributed by atoms with van der Waals surface area (Å²) in [7, 11) is 3.37. The molecule has 0 saturated carbocycles. The summed E-state index contributed by atoms with van der Waals surface area (Å²) in [6, 6.07) is 15.1. The second kappa shape index (κ2) is 7.01. The Labute approximate surface area is 141 Å². The van der Waals surface area contributed by atoms with Gasteiger partial charge in [0.05, 0.1) is 26.2 Å². The van der Waals surface area contributed by atoms with E-state index in [9.17, 15) is 9.18 Å². The van der Waals surface area contributed by atoms with Crippen molar-refractivity contribution < 1.29 is 13.9 Å². The number of halogens is 1. The van der Waals surface area contributed by atoms with Crippen molar-refractivity contribution >= 4 is 5.91 Å². The molecule has 2 aromatic rings. The number of carbonyl (C=O) groups is 1. The Bertz CT molecular complexity index is 721. The van der Waals surface area contributed by atoms with Crippen LogP contribution in [0.4, 0.5) is 4.39 Å². The topological polar surface area (TPSA) is 32.8 Å². The lowest BCUT2D eigenvalue weighted by atomic mass is 9.94. The molecule has 0 spiro atoms. The zero-order valence-corrected chi connectivity index (χ0v) is 13.9. The number of likely N-dealkylation sites (tertiary alicyclic amines) is 1. The van der Waals surface area contributed by atoms with Crippen molar-refractivity contribution in [2.24, 2.45) is 0 Å². The molecule has 1 heterocycles. The Morgan fingerprint density at radius 1 is 1.25 bits per heavy atom. The highest BCUT2D eigenvalue weighted by atomic mass is 19.1. The molecule has 1 aliphatic rings. The minimum Gasteiger partial charge on any atom is -0.494 e. The Balaban J connectivity index is 1.62. The van der Waals surface area contributed by atoms with Crippen molar-refractivity contribution in [1.82, 2.24) is 9.80 Å². The van der Waals surface area contributed by atoms with Gasteiger partial charge < -0.3 is 9.64 Å². The van der Waals surface area contributed by atoms with Gasteiger partial charge in [-0.05, 0) is 30.3 Å². The number of ether oxygens (including phenoxy) is 1. The van der Waals surface area contributed by atoms with Crippen LogP contribution in [0.15, 0.2) is 48.5 Å². The normalized spacial score (nSPS) is 17.1. The van der Waals surface area contributed by atoms with Crippen LogP contribution in [-0.4, -0.2) is 36.5 Å². The summed E-state index contributed by atoms with van der Waals surface area (Å²) in [5.41, 5.74) is 2.00. The van der Waals surface area contributed by atoms with Crippen LogP contribution >= 0.6 is 0 Å². The quantitative estimate of drug-likeness (QED) is 0.764. The Hall–Kier alpha value is -2.40. The van der Waals surface area contributed by atoms with E-state index in [1.54, 1.807) is 6.07 Å². The molecule has 5 heteroatoms. The van der Waals surface area contributed by atoms with Crippen LogP contribution in [0.2, 0.25) is 0 Å². The number of amides is 1. The maximum absolute atomic E-state index is 13.8. The predicted molar refractivity (Wildman–Crippen MR) is 89.9 cm³/mol. The first-order valence-electron chi connectivity index (χ1n) is 7.94. The number of β-lactam (4-membered cyclic amide) rings is 1. The Morgan fingerprint density at radius 2 is 2.00 bits per heavy atom. The molecule has 1 fully saturated rings. The summed E-state index contributed by atoms with van der Waals surface area (Å²) < 4.78 is 18.7. The summed E-state index contributed by atoms with van der Waals surface area (Å²) in [5.74, 6) is 0.0191. The van der Waals surface area contributed by atoms with Gasteiger partial charge in [-0.1, -0.05) is 36.4 Å². The van der Waals surface area contributed by atoms with Crippen LogP contribution in [0, 0.1) is 5.82 Å². The van der Waals surface area contributed by atoms with Gasteiger partial charge in [-0.15, -0.1) is 0 Å². The molecule has 0 N–H and O–H groups in total. The number of hydrogen-bond donors (Lipinski definition) is 0. The molecule has 1 amide bonds. The molecular weight excluding hydrogens is 307 g/mol. The molecule has 0 aliphatic carbocycles. The Morgan fingerprint density at radius 3 is 2.62 bits per heavy atom. The van der Waals surface area contributed by atoms with E-state index >= 15 is 0 Å². The smallest absolute Gasteiger partial charge is 0.226 e. The molecule has 0 unspecified atom stereocenters. The molecule has 0 bridgehead atoms. The van der Waals surface area contributed by atoms with Crippen LogP contribution in [-0.2, 0) is 11.3 Å². The minimum absolute atomic E-state index is 0.133. The monoisotopic (exact) mass is 328 g/mol. The molecule has 126 valence electrons. The number of methoxy groups -OCH3 is 1. The van der Waals surface area contributed by atoms with Gasteiger partial charge in [0.15, 0.2) is 11.6 Å². The van der Waals surface area contributed by atoms with Crippen molar-refractivity contribution in [3.63, 3.8) is 0 Å². The zero-order chi connectivity index (χ0) is 17.1. The summed E-state index contributed by atoms with van der Waals surface area (Å²) in [6.07, 6.45) is 0.551. The van der Waals surface area contributed by atoms with E-state index in [1.807, 2.05) is 53.2 Å². The maximum atomic E-state index is 13.8. The zero-order valence-electron chi connectivity index (χ0n) is 13.9. The molecule has 1 saturated heterocycles. The van der Waals surface area contributed by atoms with Crippen molar-refractivity contribution in [2.75, 3.05) is 20.8 Å². The lowest BCUT2D eigenvalue weighted by molar-refractivity contribution is -0.149. The summed E-state index contributed by atoms with van der Waals surface area (Å²) in [5, 5.41) is 0. The van der Waals surface area contributed by atoms with Crippen LogP contribution in [0.1, 0.15) is 23.6 Å². The highest BCUT2D eigenvalue weighted by Gasteiger charge is 2.37. The van der Waals surface area contributed by atoms with Gasteiger partial charge in [-0.2, -0.15) is 0 Å². The van der Waals surface area contributed by atoms with Gasteiger partial charge in [0.1, 0.15) is 0 Å². The third kappa shape index (κ3) is 3.41. The van der Waals surface area contributed by atoms with Crippen molar-refractivity contribution in [2.45, 2.75) is 19.0 Å². The summed E-state index contributed by atoms with van der Waals surface area (Å²) in [6.45, 7) is 1.08. The van der Waals surface area contributed by atoms with Crippen LogP contribution in [0.5, 0.6) is 5.75 Å². The van der Waals surface area contributed by atoms with Gasteiger partial charge >= 0.3 is 0 Å².